The van der Waals surface area contributed by atoms with Gasteiger partial charge in [0.1, 0.15) is 12.4 Å². The van der Waals surface area contributed by atoms with Crippen molar-refractivity contribution >= 4 is 18.0 Å². The zero-order chi connectivity index (χ0) is 20.1. The van der Waals surface area contributed by atoms with Gasteiger partial charge < -0.3 is 15.8 Å². The van der Waals surface area contributed by atoms with E-state index in [1.165, 1.54) is 22.3 Å². The van der Waals surface area contributed by atoms with Crippen molar-refractivity contribution in [2.45, 2.75) is 12.3 Å². The van der Waals surface area contributed by atoms with Crippen LogP contribution in [0.1, 0.15) is 29.2 Å². The minimum Gasteiger partial charge on any atom is -0.449 e. The van der Waals surface area contributed by atoms with Crippen LogP contribution in [-0.2, 0) is 4.74 Å². The van der Waals surface area contributed by atoms with E-state index in [1.807, 2.05) is 48.6 Å². The SMILES string of the molecule is Nc1cccc(C=CCCNC(=O)OCC2c3ccccc3-c3ccccc32)n1. The Morgan fingerprint density at radius 2 is 1.69 bits per heavy atom. The molecule has 1 aliphatic carbocycles. The van der Waals surface area contributed by atoms with Gasteiger partial charge in [0, 0.05) is 12.5 Å². The maximum absolute atomic E-state index is 12.1. The van der Waals surface area contributed by atoms with Crippen LogP contribution >= 0.6 is 0 Å². The van der Waals surface area contributed by atoms with Gasteiger partial charge in [-0.05, 0) is 46.9 Å². The van der Waals surface area contributed by atoms with Gasteiger partial charge in [-0.1, -0.05) is 60.7 Å². The number of aromatic nitrogens is 1. The molecule has 4 rings (SSSR count). The summed E-state index contributed by atoms with van der Waals surface area (Å²) in [5.41, 5.74) is 11.3. The van der Waals surface area contributed by atoms with Crippen molar-refractivity contribution in [1.82, 2.24) is 10.3 Å². The largest absolute Gasteiger partial charge is 0.449 e. The maximum atomic E-state index is 12.1. The molecule has 29 heavy (non-hydrogen) atoms. The number of carbonyl (C=O) groups is 1. The van der Waals surface area contributed by atoms with E-state index < -0.39 is 6.09 Å². The molecule has 0 radical (unpaired) electrons. The lowest BCUT2D eigenvalue weighted by molar-refractivity contribution is 0.143. The van der Waals surface area contributed by atoms with Crippen molar-refractivity contribution in [3.05, 3.63) is 89.6 Å². The van der Waals surface area contributed by atoms with Crippen LogP contribution in [0.2, 0.25) is 0 Å². The van der Waals surface area contributed by atoms with Gasteiger partial charge in [0.15, 0.2) is 0 Å². The number of nitrogens with two attached hydrogens (primary N) is 1. The number of pyridine rings is 1. The Kier molecular flexibility index (Phi) is 5.56. The third-order valence-corrected chi connectivity index (χ3v) is 5.00. The fraction of sp³-hybridized carbons (Fsp3) is 0.167. The van der Waals surface area contributed by atoms with E-state index in [9.17, 15) is 4.79 Å². The molecule has 0 unspecified atom stereocenters. The number of nitrogens with zero attached hydrogens (tertiary/aromatic N) is 1. The molecular weight excluding hydrogens is 362 g/mol. The standard InChI is InChI=1S/C24H23N3O2/c25-23-14-7-9-17(27-23)8-5-6-15-26-24(28)29-16-22-20-12-3-1-10-18(20)19-11-2-4-13-21(19)22/h1-5,7-14,22H,6,15-16H2,(H2,25,27)(H,26,28). The van der Waals surface area contributed by atoms with Gasteiger partial charge in [0.25, 0.3) is 0 Å². The second-order valence-corrected chi connectivity index (χ2v) is 6.93. The lowest BCUT2D eigenvalue weighted by atomic mass is 9.98. The third kappa shape index (κ3) is 4.29. The van der Waals surface area contributed by atoms with E-state index >= 15 is 0 Å². The molecule has 5 nitrogen and oxygen atoms in total. The van der Waals surface area contributed by atoms with Crippen LogP contribution in [-0.4, -0.2) is 24.2 Å². The Morgan fingerprint density at radius 3 is 2.38 bits per heavy atom. The lowest BCUT2D eigenvalue weighted by Crippen LogP contribution is -2.26. The number of anilines is 1. The van der Waals surface area contributed by atoms with E-state index in [0.29, 0.717) is 25.4 Å². The van der Waals surface area contributed by atoms with Gasteiger partial charge in [-0.3, -0.25) is 0 Å². The molecule has 1 heterocycles. The van der Waals surface area contributed by atoms with Crippen molar-refractivity contribution < 1.29 is 9.53 Å². The van der Waals surface area contributed by atoms with Crippen molar-refractivity contribution in [1.29, 1.82) is 0 Å². The number of fused-ring (bicyclic) bond motifs is 3. The monoisotopic (exact) mass is 385 g/mol. The van der Waals surface area contributed by atoms with Crippen LogP contribution in [0.4, 0.5) is 10.6 Å². The highest BCUT2D eigenvalue weighted by atomic mass is 16.5. The van der Waals surface area contributed by atoms with E-state index in [4.69, 9.17) is 10.5 Å². The first-order valence-corrected chi connectivity index (χ1v) is 9.70. The molecule has 1 amide bonds. The smallest absolute Gasteiger partial charge is 0.407 e. The molecule has 5 heteroatoms. The fourth-order valence-electron chi connectivity index (χ4n) is 3.67. The summed E-state index contributed by atoms with van der Waals surface area (Å²) in [4.78, 5) is 16.3. The summed E-state index contributed by atoms with van der Waals surface area (Å²) in [6.07, 6.45) is 4.12. The second kappa shape index (κ2) is 8.61. The first kappa shape index (κ1) is 18.7. The first-order chi connectivity index (χ1) is 14.2. The number of rotatable bonds is 6. The number of alkyl carbamates (subject to hydrolysis) is 1. The summed E-state index contributed by atoms with van der Waals surface area (Å²) in [6, 6.07) is 22.1. The van der Waals surface area contributed by atoms with E-state index in [1.54, 1.807) is 6.07 Å². The minimum atomic E-state index is -0.401. The van der Waals surface area contributed by atoms with Crippen LogP contribution < -0.4 is 11.1 Å². The summed E-state index contributed by atoms with van der Waals surface area (Å²) in [5, 5.41) is 2.79. The molecule has 0 bridgehead atoms. The molecule has 1 aliphatic rings. The van der Waals surface area contributed by atoms with E-state index in [2.05, 4.69) is 34.6 Å². The van der Waals surface area contributed by atoms with Crippen molar-refractivity contribution in [3.63, 3.8) is 0 Å². The number of ether oxygens (including phenoxy) is 1. The van der Waals surface area contributed by atoms with E-state index in [-0.39, 0.29) is 5.92 Å². The zero-order valence-electron chi connectivity index (χ0n) is 16.0. The van der Waals surface area contributed by atoms with E-state index in [0.717, 1.165) is 5.69 Å². The van der Waals surface area contributed by atoms with Crippen LogP contribution in [0.25, 0.3) is 17.2 Å². The quantitative estimate of drug-likeness (QED) is 0.608. The lowest BCUT2D eigenvalue weighted by Gasteiger charge is -2.14. The predicted octanol–water partition coefficient (Wildman–Crippen LogP) is 4.61. The highest BCUT2D eigenvalue weighted by Gasteiger charge is 2.28. The summed E-state index contributed by atoms with van der Waals surface area (Å²) in [7, 11) is 0. The Labute approximate surface area is 170 Å². The number of carbonyl (C=O) groups excluding carboxylic acids is 1. The molecule has 0 fully saturated rings. The summed E-state index contributed by atoms with van der Waals surface area (Å²) in [5.74, 6) is 0.562. The average Bonchev–Trinajstić information content (AvgIpc) is 3.06. The molecule has 0 saturated heterocycles. The number of hydrogen-bond acceptors (Lipinski definition) is 4. The minimum absolute atomic E-state index is 0.0719. The third-order valence-electron chi connectivity index (χ3n) is 5.00. The highest BCUT2D eigenvalue weighted by Crippen LogP contribution is 2.44. The number of nitrogens with one attached hydrogen (secondary N) is 1. The summed E-state index contributed by atoms with van der Waals surface area (Å²) < 4.78 is 5.52. The first-order valence-electron chi connectivity index (χ1n) is 9.70. The van der Waals surface area contributed by atoms with Crippen LogP contribution in [0.15, 0.2) is 72.8 Å². The Balaban J connectivity index is 1.28. The molecule has 0 spiro atoms. The second-order valence-electron chi connectivity index (χ2n) is 6.93. The number of benzene rings is 2. The fourth-order valence-corrected chi connectivity index (χ4v) is 3.67. The molecule has 3 N–H and O–H groups in total. The van der Waals surface area contributed by atoms with Crippen molar-refractivity contribution in [2.24, 2.45) is 0 Å². The molecule has 0 atom stereocenters. The maximum Gasteiger partial charge on any atom is 0.407 e. The van der Waals surface area contributed by atoms with Crippen LogP contribution in [0.3, 0.4) is 0 Å². The van der Waals surface area contributed by atoms with Gasteiger partial charge in [-0.2, -0.15) is 0 Å². The molecule has 1 aromatic heterocycles. The van der Waals surface area contributed by atoms with Gasteiger partial charge in [-0.15, -0.1) is 0 Å². The van der Waals surface area contributed by atoms with Gasteiger partial charge in [0.05, 0.1) is 5.69 Å². The Bertz CT molecular complexity index is 1000. The number of hydrogen-bond donors (Lipinski definition) is 2. The molecule has 3 aromatic rings. The zero-order valence-corrected chi connectivity index (χ0v) is 16.0. The topological polar surface area (TPSA) is 77.2 Å². The normalized spacial score (nSPS) is 12.6. The Morgan fingerprint density at radius 1 is 1.00 bits per heavy atom. The highest BCUT2D eigenvalue weighted by molar-refractivity contribution is 5.79. The molecular formula is C24H23N3O2. The van der Waals surface area contributed by atoms with Gasteiger partial charge >= 0.3 is 6.09 Å². The van der Waals surface area contributed by atoms with Crippen molar-refractivity contribution in [2.75, 3.05) is 18.9 Å². The number of amides is 1. The van der Waals surface area contributed by atoms with Crippen molar-refractivity contribution in [3.8, 4) is 11.1 Å². The Hall–Kier alpha value is -3.60. The average molecular weight is 385 g/mol. The summed E-state index contributed by atoms with van der Waals surface area (Å²) >= 11 is 0. The van der Waals surface area contributed by atoms with Gasteiger partial charge in [-0.25, -0.2) is 9.78 Å². The van der Waals surface area contributed by atoms with Crippen LogP contribution in [0.5, 0.6) is 0 Å². The number of nitrogen functional groups attached to an aromatic ring is 1. The van der Waals surface area contributed by atoms with Gasteiger partial charge in [0.2, 0.25) is 0 Å². The molecule has 2 aromatic carbocycles. The van der Waals surface area contributed by atoms with Crippen LogP contribution in [0, 0.1) is 0 Å². The molecule has 0 aliphatic heterocycles. The molecule has 146 valence electrons. The molecule has 0 saturated carbocycles. The predicted molar refractivity (Wildman–Crippen MR) is 115 cm³/mol. The summed E-state index contributed by atoms with van der Waals surface area (Å²) in [6.45, 7) is 0.818.